The summed E-state index contributed by atoms with van der Waals surface area (Å²) in [6, 6.07) is 0. The van der Waals surface area contributed by atoms with E-state index in [4.69, 9.17) is 14.1 Å². The maximum absolute atomic E-state index is 8.52. The zero-order valence-electron chi connectivity index (χ0n) is 2.04. The predicted molar refractivity (Wildman–Crippen MR) is 6.44 cm³/mol. The Hall–Kier alpha value is 0.305. The van der Waals surface area contributed by atoms with Gasteiger partial charge in [0.25, 0.3) is 0 Å². The van der Waals surface area contributed by atoms with E-state index in [-0.39, 0.29) is 21.1 Å². The first-order valence-corrected chi connectivity index (χ1v) is 1.84. The fraction of sp³-hybridized carbons (Fsp3) is 0. The van der Waals surface area contributed by atoms with Crippen molar-refractivity contribution in [3.63, 3.8) is 0 Å². The van der Waals surface area contributed by atoms with E-state index in [1.807, 2.05) is 0 Å². The Labute approximate surface area is 44.8 Å². The van der Waals surface area contributed by atoms with Crippen LogP contribution in [0.15, 0.2) is 0 Å². The number of rotatable bonds is 0. The predicted octanol–water partition coefficient (Wildman–Crippen LogP) is -2.88. The average Bonchev–Trinajstić information content (AvgIpc) is 0.811. The molecule has 5 heteroatoms. The van der Waals surface area contributed by atoms with Crippen LogP contribution in [-0.2, 0) is 25.5 Å². The average molecular weight is 271 g/mol. The smallest absolute Gasteiger partial charge is 0.672 e. The Morgan fingerprint density at radius 1 is 1.40 bits per heavy atom. The van der Waals surface area contributed by atoms with Gasteiger partial charge in [-0.1, -0.05) is 0 Å². The Balaban J connectivity index is 0. The van der Waals surface area contributed by atoms with Crippen molar-refractivity contribution < 1.29 is 35.1 Å². The van der Waals surface area contributed by atoms with E-state index in [9.17, 15) is 0 Å². The third-order valence-electron chi connectivity index (χ3n) is 0. The third kappa shape index (κ3) is 246. The van der Waals surface area contributed by atoms with Gasteiger partial charge in [0, 0.05) is 9.17 Å². The van der Waals surface area contributed by atoms with Gasteiger partial charge in [0.05, 0.1) is 0 Å². The molecule has 0 aliphatic heterocycles. The first-order valence-electron chi connectivity index (χ1n) is 0.612. The van der Waals surface area contributed by atoms with E-state index in [0.717, 1.165) is 0 Å². The van der Waals surface area contributed by atoms with Crippen LogP contribution in [0.25, 0.3) is 0 Å². The second kappa shape index (κ2) is 4.31. The second-order valence-corrected chi connectivity index (χ2v) is 0.750. The maximum Gasteiger partial charge on any atom is 2.00 e. The fourth-order valence-electron chi connectivity index (χ4n) is 0. The van der Waals surface area contributed by atoms with Crippen molar-refractivity contribution in [1.29, 1.82) is 0 Å². The van der Waals surface area contributed by atoms with Gasteiger partial charge in [-0.05, 0) is 0 Å². The van der Waals surface area contributed by atoms with Crippen molar-refractivity contribution in [2.45, 2.75) is 0 Å². The Bertz CT molecular complexity index is 29.9. The molecule has 0 aromatic rings. The zero-order chi connectivity index (χ0) is 3.58. The summed E-state index contributed by atoms with van der Waals surface area (Å²) in [6.45, 7) is 0. The normalized spacial score (nSPS) is 4.80. The fourth-order valence-corrected chi connectivity index (χ4v) is 0. The second-order valence-electron chi connectivity index (χ2n) is 0.250. The van der Waals surface area contributed by atoms with E-state index in [0.29, 0.717) is 0 Å². The summed E-state index contributed by atoms with van der Waals surface area (Å²) in [5.74, 6) is 0. The third-order valence-corrected chi connectivity index (χ3v) is 0. The van der Waals surface area contributed by atoms with Crippen LogP contribution in [0, 0.1) is 0 Å². The minimum atomic E-state index is -3.63. The molecule has 3 nitrogen and oxygen atoms in total. The summed E-state index contributed by atoms with van der Waals surface area (Å²) >= 11 is 0. The maximum atomic E-state index is 8.52. The van der Waals surface area contributed by atoms with Gasteiger partial charge in [0.2, 0.25) is 0 Å². The van der Waals surface area contributed by atoms with Gasteiger partial charge in [0.15, 0.2) is 0 Å². The van der Waals surface area contributed by atoms with Crippen LogP contribution in [0.4, 0.5) is 0 Å². The van der Waals surface area contributed by atoms with Crippen LogP contribution in [0.1, 0.15) is 0 Å². The van der Waals surface area contributed by atoms with Crippen molar-refractivity contribution >= 4 is 9.17 Å². The summed E-state index contributed by atoms with van der Waals surface area (Å²) in [4.78, 5) is 17.0. The van der Waals surface area contributed by atoms with E-state index in [1.54, 1.807) is 0 Å². The molecular weight excluding hydrogens is 271 g/mol. The summed E-state index contributed by atoms with van der Waals surface area (Å²) in [5.41, 5.74) is 0. The molecule has 0 fully saturated rings. The van der Waals surface area contributed by atoms with Crippen LogP contribution in [0.5, 0.6) is 0 Å². The Kier molecular flexibility index (Phi) is 7.75. The molecule has 0 atom stereocenters. The van der Waals surface area contributed by atoms with Crippen LogP contribution >= 0.6 is 0 Å². The van der Waals surface area contributed by atoms with Crippen LogP contribution in [0.3, 0.4) is 0 Å². The van der Waals surface area contributed by atoms with E-state index in [2.05, 4.69) is 0 Å². The molecule has 0 aromatic carbocycles. The molecule has 5 heavy (non-hydrogen) atoms. The van der Waals surface area contributed by atoms with E-state index in [1.165, 1.54) is 0 Å². The molecule has 0 saturated heterocycles. The van der Waals surface area contributed by atoms with Gasteiger partial charge in [-0.3, -0.25) is 0 Å². The largest absolute Gasteiger partial charge is 2.00 e. The minimum absolute atomic E-state index is 0. The Morgan fingerprint density at radius 3 is 1.40 bits per heavy atom. The van der Waals surface area contributed by atoms with Crippen molar-refractivity contribution in [3.8, 4) is 0 Å². The quantitative estimate of drug-likeness (QED) is 0.445. The summed E-state index contributed by atoms with van der Waals surface area (Å²) in [6.07, 6.45) is 0. The molecule has 0 heterocycles. The van der Waals surface area contributed by atoms with Crippen molar-refractivity contribution in [2.75, 3.05) is 0 Å². The van der Waals surface area contributed by atoms with E-state index < -0.39 is 9.17 Å². The minimum Gasteiger partial charge on any atom is -0.672 e. The van der Waals surface area contributed by atoms with Gasteiger partial charge >= 0.3 is 21.1 Å². The topological polar surface area (TPSA) is 63.2 Å². The SMILES string of the molecule is O=[Si]([O-])[O-].[Pt+2]. The van der Waals surface area contributed by atoms with E-state index >= 15 is 0 Å². The molecule has 0 amide bonds. The molecular formula is O3PtSi. The molecule has 0 aliphatic carbocycles. The molecule has 0 rings (SSSR count). The van der Waals surface area contributed by atoms with Gasteiger partial charge < -0.3 is 14.1 Å². The van der Waals surface area contributed by atoms with Crippen molar-refractivity contribution in [3.05, 3.63) is 0 Å². The molecule has 0 bridgehead atoms. The Morgan fingerprint density at radius 2 is 1.40 bits per heavy atom. The summed E-state index contributed by atoms with van der Waals surface area (Å²) in [5, 5.41) is 0. The molecule has 0 aliphatic rings. The molecule has 32 valence electrons. The molecule has 0 aromatic heterocycles. The summed E-state index contributed by atoms with van der Waals surface area (Å²) in [7, 11) is -3.63. The first kappa shape index (κ1) is 9.00. The van der Waals surface area contributed by atoms with Gasteiger partial charge in [0.1, 0.15) is 0 Å². The van der Waals surface area contributed by atoms with Crippen LogP contribution in [-0.4, -0.2) is 9.17 Å². The molecule has 0 N–H and O–H groups in total. The molecule has 0 saturated carbocycles. The monoisotopic (exact) mass is 271 g/mol. The van der Waals surface area contributed by atoms with Crippen molar-refractivity contribution in [1.82, 2.24) is 0 Å². The zero-order valence-corrected chi connectivity index (χ0v) is 5.31. The van der Waals surface area contributed by atoms with Crippen LogP contribution < -0.4 is 9.59 Å². The van der Waals surface area contributed by atoms with Crippen LogP contribution in [0.2, 0.25) is 0 Å². The van der Waals surface area contributed by atoms with Gasteiger partial charge in [-0.25, -0.2) is 0 Å². The standard InChI is InChI=1S/O3Si.Pt/c1-4(2)3;/q-2;+2. The molecule has 0 radical (unpaired) electrons. The molecule has 0 spiro atoms. The number of hydrogen-bond donors (Lipinski definition) is 0. The molecule has 0 unspecified atom stereocenters. The number of hydrogen-bond acceptors (Lipinski definition) is 3. The van der Waals surface area contributed by atoms with Gasteiger partial charge in [-0.15, -0.1) is 0 Å². The first-order chi connectivity index (χ1) is 1.73. The van der Waals surface area contributed by atoms with Crippen molar-refractivity contribution in [2.24, 2.45) is 0 Å². The summed E-state index contributed by atoms with van der Waals surface area (Å²) < 4.78 is 8.52. The van der Waals surface area contributed by atoms with Gasteiger partial charge in [-0.2, -0.15) is 0 Å².